The van der Waals surface area contributed by atoms with Gasteiger partial charge in [0.2, 0.25) is 0 Å². The first-order valence-corrected chi connectivity index (χ1v) is 7.99. The third kappa shape index (κ3) is 2.71. The highest BCUT2D eigenvalue weighted by atomic mass is 79.9. The fraction of sp³-hybridized carbons (Fsp3) is 0.500. The summed E-state index contributed by atoms with van der Waals surface area (Å²) in [6, 6.07) is 3.27. The highest BCUT2D eigenvalue weighted by Gasteiger charge is 2.20. The maximum Gasteiger partial charge on any atom is 0.139 e. The molecule has 1 saturated heterocycles. The van der Waals surface area contributed by atoms with Crippen molar-refractivity contribution in [2.45, 2.75) is 19.4 Å². The van der Waals surface area contributed by atoms with E-state index in [9.17, 15) is 4.39 Å². The maximum atomic E-state index is 13.6. The summed E-state index contributed by atoms with van der Waals surface area (Å²) < 4.78 is 21.7. The molecule has 0 saturated carbocycles. The van der Waals surface area contributed by atoms with Gasteiger partial charge in [0.25, 0.3) is 0 Å². The van der Waals surface area contributed by atoms with Crippen LogP contribution in [0.5, 0.6) is 0 Å². The minimum absolute atomic E-state index is 0.288. The molecular formula is C14H15BrClFN2O. The van der Waals surface area contributed by atoms with Crippen molar-refractivity contribution in [2.24, 2.45) is 5.92 Å². The van der Waals surface area contributed by atoms with E-state index in [0.717, 1.165) is 37.5 Å². The van der Waals surface area contributed by atoms with Gasteiger partial charge in [-0.05, 0) is 28.4 Å². The van der Waals surface area contributed by atoms with Gasteiger partial charge in [-0.1, -0.05) is 0 Å². The molecule has 0 spiro atoms. The van der Waals surface area contributed by atoms with Gasteiger partial charge in [0.1, 0.15) is 11.6 Å². The molecule has 3 nitrogen and oxygen atoms in total. The fourth-order valence-corrected chi connectivity index (χ4v) is 3.13. The van der Waals surface area contributed by atoms with E-state index in [1.807, 2.05) is 0 Å². The number of nitrogens with zero attached hydrogens (tertiary/aromatic N) is 2. The molecule has 1 aliphatic rings. The Morgan fingerprint density at radius 1 is 1.50 bits per heavy atom. The molecule has 1 fully saturated rings. The highest BCUT2D eigenvalue weighted by molar-refractivity contribution is 9.10. The number of aromatic nitrogens is 2. The van der Waals surface area contributed by atoms with Crippen molar-refractivity contribution in [3.8, 4) is 0 Å². The molecule has 1 aromatic heterocycles. The third-order valence-corrected chi connectivity index (χ3v) is 4.45. The Balaban J connectivity index is 2.04. The molecule has 0 N–H and O–H groups in total. The lowest BCUT2D eigenvalue weighted by Gasteiger charge is -2.13. The van der Waals surface area contributed by atoms with Gasteiger partial charge >= 0.3 is 0 Å². The first kappa shape index (κ1) is 14.3. The predicted molar refractivity (Wildman–Crippen MR) is 80.7 cm³/mol. The molecule has 0 aliphatic carbocycles. The number of ether oxygens (including phenoxy) is 1. The SMILES string of the molecule is Fc1cc2nc(CCCl)n(CC3CCOC3)c2cc1Br. The summed E-state index contributed by atoms with van der Waals surface area (Å²) in [5, 5.41) is 0. The van der Waals surface area contributed by atoms with Crippen LogP contribution in [0.3, 0.4) is 0 Å². The van der Waals surface area contributed by atoms with E-state index in [0.29, 0.717) is 28.2 Å². The zero-order valence-electron chi connectivity index (χ0n) is 10.9. The van der Waals surface area contributed by atoms with Crippen LogP contribution in [0.4, 0.5) is 4.39 Å². The van der Waals surface area contributed by atoms with E-state index in [1.54, 1.807) is 6.07 Å². The molecule has 2 heterocycles. The minimum Gasteiger partial charge on any atom is -0.381 e. The summed E-state index contributed by atoms with van der Waals surface area (Å²) in [5.41, 5.74) is 1.63. The average Bonchev–Trinajstić information content (AvgIpc) is 3.02. The summed E-state index contributed by atoms with van der Waals surface area (Å²) >= 11 is 9.10. The highest BCUT2D eigenvalue weighted by Crippen LogP contribution is 2.26. The van der Waals surface area contributed by atoms with Crippen molar-refractivity contribution in [1.29, 1.82) is 0 Å². The van der Waals surface area contributed by atoms with Gasteiger partial charge in [0.05, 0.1) is 22.1 Å². The summed E-state index contributed by atoms with van der Waals surface area (Å²) in [6.45, 7) is 2.45. The van der Waals surface area contributed by atoms with Crippen LogP contribution in [0.2, 0.25) is 0 Å². The zero-order valence-corrected chi connectivity index (χ0v) is 13.3. The van der Waals surface area contributed by atoms with Crippen molar-refractivity contribution in [3.63, 3.8) is 0 Å². The Morgan fingerprint density at radius 3 is 3.05 bits per heavy atom. The maximum absolute atomic E-state index is 13.6. The van der Waals surface area contributed by atoms with Crippen molar-refractivity contribution in [1.82, 2.24) is 9.55 Å². The lowest BCUT2D eigenvalue weighted by atomic mass is 10.1. The molecule has 3 rings (SSSR count). The number of hydrogen-bond donors (Lipinski definition) is 0. The Hall–Kier alpha value is -0.650. The molecule has 108 valence electrons. The number of aryl methyl sites for hydroxylation is 1. The summed E-state index contributed by atoms with van der Waals surface area (Å²) in [7, 11) is 0. The molecule has 20 heavy (non-hydrogen) atoms. The van der Waals surface area contributed by atoms with Gasteiger partial charge in [-0.2, -0.15) is 0 Å². The number of halogens is 3. The van der Waals surface area contributed by atoms with Crippen LogP contribution in [0.1, 0.15) is 12.2 Å². The van der Waals surface area contributed by atoms with Gasteiger partial charge in [-0.25, -0.2) is 9.37 Å². The molecule has 1 atom stereocenters. The summed E-state index contributed by atoms with van der Waals surface area (Å²) in [6.07, 6.45) is 1.74. The Labute approximate surface area is 130 Å². The fourth-order valence-electron chi connectivity index (χ4n) is 2.63. The number of benzene rings is 1. The lowest BCUT2D eigenvalue weighted by molar-refractivity contribution is 0.182. The van der Waals surface area contributed by atoms with Crippen molar-refractivity contribution >= 4 is 38.6 Å². The van der Waals surface area contributed by atoms with Crippen LogP contribution in [-0.4, -0.2) is 28.6 Å². The molecule has 6 heteroatoms. The second kappa shape index (κ2) is 6.00. The van der Waals surface area contributed by atoms with Crippen molar-refractivity contribution in [3.05, 3.63) is 28.2 Å². The van der Waals surface area contributed by atoms with E-state index in [1.165, 1.54) is 6.07 Å². The molecular weight excluding hydrogens is 347 g/mol. The number of alkyl halides is 1. The molecule has 1 aromatic carbocycles. The van der Waals surface area contributed by atoms with Crippen molar-refractivity contribution < 1.29 is 9.13 Å². The van der Waals surface area contributed by atoms with Crippen LogP contribution in [0, 0.1) is 11.7 Å². The normalized spacial score (nSPS) is 19.1. The monoisotopic (exact) mass is 360 g/mol. The molecule has 0 radical (unpaired) electrons. The standard InChI is InChI=1S/C14H15BrClFN2O/c15-10-5-13-12(6-11(10)17)18-14(1-3-16)19(13)7-9-2-4-20-8-9/h5-6,9H,1-4,7-8H2. The largest absolute Gasteiger partial charge is 0.381 e. The smallest absolute Gasteiger partial charge is 0.139 e. The number of fused-ring (bicyclic) bond motifs is 1. The van der Waals surface area contributed by atoms with Crippen LogP contribution >= 0.6 is 27.5 Å². The Kier molecular flexibility index (Phi) is 4.29. The Morgan fingerprint density at radius 2 is 2.35 bits per heavy atom. The molecule has 1 aliphatic heterocycles. The van der Waals surface area contributed by atoms with E-state index in [4.69, 9.17) is 16.3 Å². The van der Waals surface area contributed by atoms with Crippen LogP contribution < -0.4 is 0 Å². The zero-order chi connectivity index (χ0) is 14.1. The van der Waals surface area contributed by atoms with Gasteiger partial charge in [-0.3, -0.25) is 0 Å². The van der Waals surface area contributed by atoms with Gasteiger partial charge in [0.15, 0.2) is 0 Å². The van der Waals surface area contributed by atoms with E-state index < -0.39 is 0 Å². The van der Waals surface area contributed by atoms with E-state index in [2.05, 4.69) is 25.5 Å². The van der Waals surface area contributed by atoms with Gasteiger partial charge in [0, 0.05) is 37.4 Å². The Bertz CT molecular complexity index is 625. The van der Waals surface area contributed by atoms with Gasteiger partial charge in [-0.15, -0.1) is 11.6 Å². The third-order valence-electron chi connectivity index (χ3n) is 3.65. The lowest BCUT2D eigenvalue weighted by Crippen LogP contribution is -2.13. The quantitative estimate of drug-likeness (QED) is 0.775. The van der Waals surface area contributed by atoms with Crippen LogP contribution in [-0.2, 0) is 17.7 Å². The number of hydrogen-bond acceptors (Lipinski definition) is 2. The van der Waals surface area contributed by atoms with Crippen LogP contribution in [0.25, 0.3) is 11.0 Å². The van der Waals surface area contributed by atoms with Gasteiger partial charge < -0.3 is 9.30 Å². The molecule has 2 aromatic rings. The summed E-state index contributed by atoms with van der Waals surface area (Å²) in [4.78, 5) is 4.52. The first-order chi connectivity index (χ1) is 9.69. The van der Waals surface area contributed by atoms with Crippen LogP contribution in [0.15, 0.2) is 16.6 Å². The molecule has 1 unspecified atom stereocenters. The second-order valence-electron chi connectivity index (χ2n) is 5.06. The minimum atomic E-state index is -0.288. The molecule has 0 bridgehead atoms. The second-order valence-corrected chi connectivity index (χ2v) is 6.29. The van der Waals surface area contributed by atoms with E-state index >= 15 is 0 Å². The topological polar surface area (TPSA) is 27.1 Å². The average molecular weight is 362 g/mol. The molecule has 0 amide bonds. The number of rotatable bonds is 4. The number of imidazole rings is 1. The van der Waals surface area contributed by atoms with E-state index in [-0.39, 0.29) is 5.82 Å². The summed E-state index contributed by atoms with van der Waals surface area (Å²) in [5.74, 6) is 1.63. The predicted octanol–water partition coefficient (Wildman–Crippen LogP) is 3.76. The van der Waals surface area contributed by atoms with Crippen molar-refractivity contribution in [2.75, 3.05) is 19.1 Å². The first-order valence-electron chi connectivity index (χ1n) is 6.67.